The maximum Gasteiger partial charge on any atom is 0.275 e. The highest BCUT2D eigenvalue weighted by atomic mass is 16.5. The van der Waals surface area contributed by atoms with E-state index < -0.39 is 5.91 Å². The summed E-state index contributed by atoms with van der Waals surface area (Å²) in [6, 6.07) is 14.0. The molecule has 0 bridgehead atoms. The molecule has 1 heterocycles. The number of nitrogens with zero attached hydrogens (tertiary/aromatic N) is 3. The standard InChI is InChI=1S/C20H17N5O3/c1-27-17-8-7-15(9-18(17)28-2)25-20(26)16-11-23-19(12-22-16)24-14-5-3-13(10-21)4-6-14/h3-9,11-12H,1-2H3,(H,23,24)(H,25,26). The summed E-state index contributed by atoms with van der Waals surface area (Å²) in [5.41, 5.74) is 2.04. The number of hydrogen-bond acceptors (Lipinski definition) is 7. The van der Waals surface area contributed by atoms with Gasteiger partial charge in [0.25, 0.3) is 5.91 Å². The number of carbonyl (C=O) groups excluding carboxylic acids is 1. The molecule has 0 spiro atoms. The van der Waals surface area contributed by atoms with Crippen molar-refractivity contribution in [1.82, 2.24) is 9.97 Å². The summed E-state index contributed by atoms with van der Waals surface area (Å²) in [4.78, 5) is 20.7. The topological polar surface area (TPSA) is 109 Å². The van der Waals surface area contributed by atoms with Gasteiger partial charge >= 0.3 is 0 Å². The molecule has 8 nitrogen and oxygen atoms in total. The maximum atomic E-state index is 12.4. The zero-order valence-corrected chi connectivity index (χ0v) is 15.3. The van der Waals surface area contributed by atoms with Crippen LogP contribution in [0.25, 0.3) is 0 Å². The van der Waals surface area contributed by atoms with Crippen LogP contribution in [-0.4, -0.2) is 30.1 Å². The van der Waals surface area contributed by atoms with E-state index in [1.807, 2.05) is 0 Å². The molecule has 140 valence electrons. The molecule has 0 aliphatic rings. The molecule has 3 rings (SSSR count). The Kier molecular flexibility index (Phi) is 5.67. The lowest BCUT2D eigenvalue weighted by Gasteiger charge is -2.10. The van der Waals surface area contributed by atoms with Crippen molar-refractivity contribution in [3.63, 3.8) is 0 Å². The first-order valence-electron chi connectivity index (χ1n) is 8.25. The highest BCUT2D eigenvalue weighted by Gasteiger charge is 2.11. The Morgan fingerprint density at radius 3 is 2.29 bits per heavy atom. The number of ether oxygens (including phenoxy) is 2. The second-order valence-electron chi connectivity index (χ2n) is 5.62. The molecule has 2 N–H and O–H groups in total. The molecule has 28 heavy (non-hydrogen) atoms. The summed E-state index contributed by atoms with van der Waals surface area (Å²) < 4.78 is 10.4. The molecule has 0 unspecified atom stereocenters. The molecule has 0 atom stereocenters. The molecular weight excluding hydrogens is 358 g/mol. The summed E-state index contributed by atoms with van der Waals surface area (Å²) in [5.74, 6) is 1.16. The fourth-order valence-electron chi connectivity index (χ4n) is 2.39. The second-order valence-corrected chi connectivity index (χ2v) is 5.62. The molecule has 1 aromatic heterocycles. The van der Waals surface area contributed by atoms with Gasteiger partial charge in [-0.3, -0.25) is 4.79 Å². The van der Waals surface area contributed by atoms with Crippen LogP contribution in [0.3, 0.4) is 0 Å². The number of nitriles is 1. The molecule has 8 heteroatoms. The lowest BCUT2D eigenvalue weighted by Crippen LogP contribution is -2.14. The van der Waals surface area contributed by atoms with Crippen molar-refractivity contribution < 1.29 is 14.3 Å². The van der Waals surface area contributed by atoms with E-state index in [0.29, 0.717) is 28.6 Å². The molecular formula is C20H17N5O3. The van der Waals surface area contributed by atoms with Crippen LogP contribution in [0.5, 0.6) is 11.5 Å². The van der Waals surface area contributed by atoms with Gasteiger partial charge in [-0.1, -0.05) is 0 Å². The van der Waals surface area contributed by atoms with Gasteiger partial charge in [0.15, 0.2) is 11.5 Å². The zero-order chi connectivity index (χ0) is 19.9. The van der Waals surface area contributed by atoms with Gasteiger partial charge in [0.1, 0.15) is 11.5 Å². The fourth-order valence-corrected chi connectivity index (χ4v) is 2.39. The molecule has 0 aliphatic carbocycles. The maximum absolute atomic E-state index is 12.4. The highest BCUT2D eigenvalue weighted by molar-refractivity contribution is 6.02. The van der Waals surface area contributed by atoms with Gasteiger partial charge in [0, 0.05) is 17.4 Å². The van der Waals surface area contributed by atoms with E-state index in [4.69, 9.17) is 14.7 Å². The third kappa shape index (κ3) is 4.34. The predicted octanol–water partition coefficient (Wildman–Crippen LogP) is 3.36. The SMILES string of the molecule is COc1ccc(NC(=O)c2cnc(Nc3ccc(C#N)cc3)cn2)cc1OC. The van der Waals surface area contributed by atoms with Crippen LogP contribution < -0.4 is 20.1 Å². The van der Waals surface area contributed by atoms with Gasteiger partial charge in [0.2, 0.25) is 0 Å². The van der Waals surface area contributed by atoms with Crippen molar-refractivity contribution in [2.45, 2.75) is 0 Å². The molecule has 0 aliphatic heterocycles. The van der Waals surface area contributed by atoms with Crippen LogP contribution in [0.1, 0.15) is 16.1 Å². The summed E-state index contributed by atoms with van der Waals surface area (Å²) >= 11 is 0. The normalized spacial score (nSPS) is 9.89. The molecule has 2 aromatic carbocycles. The van der Waals surface area contributed by atoms with Crippen molar-refractivity contribution >= 4 is 23.1 Å². The Labute approximate surface area is 161 Å². The largest absolute Gasteiger partial charge is 0.493 e. The van der Waals surface area contributed by atoms with Gasteiger partial charge in [-0.05, 0) is 36.4 Å². The van der Waals surface area contributed by atoms with Crippen LogP contribution in [0.2, 0.25) is 0 Å². The Morgan fingerprint density at radius 1 is 0.964 bits per heavy atom. The van der Waals surface area contributed by atoms with Crippen LogP contribution in [0, 0.1) is 11.3 Å². The average molecular weight is 375 g/mol. The van der Waals surface area contributed by atoms with Crippen molar-refractivity contribution in [2.24, 2.45) is 0 Å². The first-order chi connectivity index (χ1) is 13.6. The van der Waals surface area contributed by atoms with Gasteiger partial charge in [0.05, 0.1) is 38.2 Å². The first-order valence-corrected chi connectivity index (χ1v) is 8.25. The van der Waals surface area contributed by atoms with Crippen molar-refractivity contribution in [3.8, 4) is 17.6 Å². The quantitative estimate of drug-likeness (QED) is 0.680. The van der Waals surface area contributed by atoms with E-state index in [2.05, 4.69) is 26.7 Å². The number of amides is 1. The number of benzene rings is 2. The van der Waals surface area contributed by atoms with Gasteiger partial charge in [-0.25, -0.2) is 9.97 Å². The number of carbonyl (C=O) groups is 1. The molecule has 0 radical (unpaired) electrons. The minimum absolute atomic E-state index is 0.167. The lowest BCUT2D eigenvalue weighted by molar-refractivity contribution is 0.102. The molecule has 1 amide bonds. The van der Waals surface area contributed by atoms with Crippen LogP contribution in [-0.2, 0) is 0 Å². The lowest BCUT2D eigenvalue weighted by atomic mass is 10.2. The van der Waals surface area contributed by atoms with Crippen LogP contribution in [0.4, 0.5) is 17.2 Å². The number of aromatic nitrogens is 2. The second kappa shape index (κ2) is 8.51. The molecule has 0 saturated heterocycles. The van der Waals surface area contributed by atoms with E-state index in [-0.39, 0.29) is 5.69 Å². The summed E-state index contributed by atoms with van der Waals surface area (Å²) in [7, 11) is 3.06. The van der Waals surface area contributed by atoms with Crippen LogP contribution in [0.15, 0.2) is 54.9 Å². The minimum atomic E-state index is -0.398. The third-order valence-corrected chi connectivity index (χ3v) is 3.81. The first kappa shape index (κ1) is 18.7. The van der Waals surface area contributed by atoms with Gasteiger partial charge in [-0.2, -0.15) is 5.26 Å². The van der Waals surface area contributed by atoms with Gasteiger partial charge in [-0.15, -0.1) is 0 Å². The number of anilines is 3. The monoisotopic (exact) mass is 375 g/mol. The van der Waals surface area contributed by atoms with E-state index in [0.717, 1.165) is 5.69 Å². The number of methoxy groups -OCH3 is 2. The summed E-state index contributed by atoms with van der Waals surface area (Å²) in [6.45, 7) is 0. The van der Waals surface area contributed by atoms with E-state index >= 15 is 0 Å². The molecule has 0 fully saturated rings. The Balaban J connectivity index is 1.67. The van der Waals surface area contributed by atoms with Gasteiger partial charge < -0.3 is 20.1 Å². The van der Waals surface area contributed by atoms with E-state index in [9.17, 15) is 4.79 Å². The van der Waals surface area contributed by atoms with Crippen molar-refractivity contribution in [2.75, 3.05) is 24.9 Å². The number of rotatable bonds is 6. The zero-order valence-electron chi connectivity index (χ0n) is 15.3. The smallest absolute Gasteiger partial charge is 0.275 e. The van der Waals surface area contributed by atoms with Crippen molar-refractivity contribution in [1.29, 1.82) is 5.26 Å². The average Bonchev–Trinajstić information content (AvgIpc) is 2.74. The Morgan fingerprint density at radius 2 is 1.68 bits per heavy atom. The minimum Gasteiger partial charge on any atom is -0.493 e. The number of hydrogen-bond donors (Lipinski definition) is 2. The summed E-state index contributed by atoms with van der Waals surface area (Å²) in [6.07, 6.45) is 2.84. The highest BCUT2D eigenvalue weighted by Crippen LogP contribution is 2.29. The summed E-state index contributed by atoms with van der Waals surface area (Å²) in [5, 5.41) is 14.6. The molecule has 3 aromatic rings. The Hall–Kier alpha value is -4.12. The van der Waals surface area contributed by atoms with Crippen LogP contribution >= 0.6 is 0 Å². The van der Waals surface area contributed by atoms with E-state index in [1.54, 1.807) is 49.6 Å². The molecule has 0 saturated carbocycles. The van der Waals surface area contributed by atoms with Crippen molar-refractivity contribution in [3.05, 3.63) is 66.1 Å². The van der Waals surface area contributed by atoms with E-state index in [1.165, 1.54) is 19.5 Å². The number of nitrogens with one attached hydrogen (secondary N) is 2. The fraction of sp³-hybridized carbons (Fsp3) is 0.100. The predicted molar refractivity (Wildman–Crippen MR) is 104 cm³/mol. The third-order valence-electron chi connectivity index (χ3n) is 3.81. The Bertz CT molecular complexity index is 1010.